The van der Waals surface area contributed by atoms with Crippen molar-refractivity contribution in [3.63, 3.8) is 0 Å². The number of hydrogen-bond acceptors (Lipinski definition) is 5. The molecule has 2 aliphatic rings. The Hall–Kier alpha value is -1.75. The van der Waals surface area contributed by atoms with Crippen LogP contribution < -0.4 is 0 Å². The van der Waals surface area contributed by atoms with E-state index < -0.39 is 24.1 Å². The fraction of sp³-hybridized carbons (Fsp3) is 0.533. The van der Waals surface area contributed by atoms with Crippen LogP contribution in [0.4, 0.5) is 0 Å². The van der Waals surface area contributed by atoms with Gasteiger partial charge in [0.1, 0.15) is 12.2 Å². The maximum absolute atomic E-state index is 11.9. The third-order valence-electron chi connectivity index (χ3n) is 4.03. The quantitative estimate of drug-likeness (QED) is 0.615. The van der Waals surface area contributed by atoms with Gasteiger partial charge in [0.25, 0.3) is 0 Å². The molecule has 1 N–H and O–H groups in total. The highest BCUT2D eigenvalue weighted by Gasteiger charge is 2.45. The number of cyclic esters (lactones) is 1. The molecule has 0 aromatic rings. The molecule has 1 saturated heterocycles. The lowest BCUT2D eigenvalue weighted by atomic mass is 9.85. The van der Waals surface area contributed by atoms with Crippen molar-refractivity contribution < 1.29 is 24.2 Å². The minimum absolute atomic E-state index is 0.0303. The van der Waals surface area contributed by atoms with E-state index in [0.29, 0.717) is 18.4 Å². The molecule has 5 heteroatoms. The molecular formula is C15H18O5. The molecule has 1 aliphatic heterocycles. The van der Waals surface area contributed by atoms with Crippen LogP contribution in [0.2, 0.25) is 0 Å². The summed E-state index contributed by atoms with van der Waals surface area (Å²) < 4.78 is 5.25. The molecule has 0 radical (unpaired) electrons. The summed E-state index contributed by atoms with van der Waals surface area (Å²) >= 11 is 0. The summed E-state index contributed by atoms with van der Waals surface area (Å²) in [5, 5.41) is 9.72. The molecule has 108 valence electrons. The molecule has 0 aromatic carbocycles. The lowest BCUT2D eigenvalue weighted by Crippen LogP contribution is -2.29. The predicted octanol–water partition coefficient (Wildman–Crippen LogP) is 1.10. The Morgan fingerprint density at radius 2 is 2.10 bits per heavy atom. The largest absolute Gasteiger partial charge is 0.453 e. The van der Waals surface area contributed by atoms with Crippen molar-refractivity contribution in [2.24, 2.45) is 5.92 Å². The van der Waals surface area contributed by atoms with Crippen LogP contribution in [-0.4, -0.2) is 34.9 Å². The molecule has 1 fully saturated rings. The lowest BCUT2D eigenvalue weighted by Gasteiger charge is -2.20. The minimum atomic E-state index is -1.17. The zero-order valence-electron chi connectivity index (χ0n) is 11.6. The molecule has 0 bridgehead atoms. The normalized spacial score (nSPS) is 28.1. The Bertz CT molecular complexity index is 528. The average Bonchev–Trinajstić information content (AvgIpc) is 2.83. The summed E-state index contributed by atoms with van der Waals surface area (Å²) in [6.07, 6.45) is -0.750. The monoisotopic (exact) mass is 278 g/mol. The molecule has 0 aromatic heterocycles. The van der Waals surface area contributed by atoms with Crippen molar-refractivity contribution in [2.45, 2.75) is 45.3 Å². The molecule has 0 unspecified atom stereocenters. The van der Waals surface area contributed by atoms with Gasteiger partial charge in [-0.3, -0.25) is 9.59 Å². The lowest BCUT2D eigenvalue weighted by molar-refractivity contribution is -0.138. The summed E-state index contributed by atoms with van der Waals surface area (Å²) in [4.78, 5) is 34.8. The second-order valence-corrected chi connectivity index (χ2v) is 5.44. The number of rotatable bonds is 4. The van der Waals surface area contributed by atoms with Crippen LogP contribution in [0.5, 0.6) is 0 Å². The van der Waals surface area contributed by atoms with Gasteiger partial charge in [-0.05, 0) is 26.7 Å². The number of esters is 1. The molecule has 1 heterocycles. The second kappa shape index (κ2) is 5.32. The van der Waals surface area contributed by atoms with Gasteiger partial charge in [0, 0.05) is 23.5 Å². The number of aliphatic hydroxyl groups is 1. The summed E-state index contributed by atoms with van der Waals surface area (Å²) in [5.41, 5.74) is 1.64. The summed E-state index contributed by atoms with van der Waals surface area (Å²) in [5.74, 6) is -1.49. The van der Waals surface area contributed by atoms with E-state index in [-0.39, 0.29) is 23.6 Å². The number of carbonyl (C=O) groups excluding carboxylic acids is 3. The van der Waals surface area contributed by atoms with Crippen molar-refractivity contribution >= 4 is 17.5 Å². The first kappa shape index (κ1) is 14.7. The number of Topliss-reactive ketones (excluding diaryl/α,β-unsaturated/α-hetero) is 2. The summed E-state index contributed by atoms with van der Waals surface area (Å²) in [7, 11) is 0. The first-order valence-electron chi connectivity index (χ1n) is 6.64. The van der Waals surface area contributed by atoms with Crippen molar-refractivity contribution in [3.8, 4) is 0 Å². The molecule has 3 atom stereocenters. The van der Waals surface area contributed by atoms with Crippen LogP contribution in [0.3, 0.4) is 0 Å². The highest BCUT2D eigenvalue weighted by atomic mass is 16.6. The number of allylic oxidation sites excluding steroid dienone is 1. The van der Waals surface area contributed by atoms with E-state index in [1.807, 2.05) is 6.92 Å². The molecule has 1 aliphatic carbocycles. The first-order valence-corrected chi connectivity index (χ1v) is 6.64. The fourth-order valence-electron chi connectivity index (χ4n) is 2.75. The third kappa shape index (κ3) is 2.45. The number of ketones is 2. The minimum Gasteiger partial charge on any atom is -0.453 e. The van der Waals surface area contributed by atoms with Gasteiger partial charge in [0.2, 0.25) is 0 Å². The van der Waals surface area contributed by atoms with Gasteiger partial charge in [-0.25, -0.2) is 4.79 Å². The molecule has 0 spiro atoms. The van der Waals surface area contributed by atoms with Gasteiger partial charge in [-0.1, -0.05) is 12.2 Å². The van der Waals surface area contributed by atoms with E-state index in [4.69, 9.17) is 4.74 Å². The number of ether oxygens (including phenoxy) is 1. The number of hydrogen-bond donors (Lipinski definition) is 1. The Morgan fingerprint density at radius 1 is 1.45 bits per heavy atom. The molecule has 20 heavy (non-hydrogen) atoms. The average molecular weight is 278 g/mol. The maximum Gasteiger partial charge on any atom is 0.334 e. The van der Waals surface area contributed by atoms with E-state index in [9.17, 15) is 19.5 Å². The van der Waals surface area contributed by atoms with Gasteiger partial charge < -0.3 is 9.84 Å². The highest BCUT2D eigenvalue weighted by molar-refractivity contribution is 6.02. The molecule has 0 amide bonds. The van der Waals surface area contributed by atoms with E-state index >= 15 is 0 Å². The van der Waals surface area contributed by atoms with Crippen molar-refractivity contribution in [2.75, 3.05) is 0 Å². The van der Waals surface area contributed by atoms with Crippen molar-refractivity contribution in [1.29, 1.82) is 0 Å². The van der Waals surface area contributed by atoms with E-state index in [0.717, 1.165) is 5.57 Å². The summed E-state index contributed by atoms with van der Waals surface area (Å²) in [6, 6.07) is 0. The van der Waals surface area contributed by atoms with Crippen LogP contribution in [0.25, 0.3) is 0 Å². The van der Waals surface area contributed by atoms with Gasteiger partial charge in [0.05, 0.1) is 0 Å². The van der Waals surface area contributed by atoms with Crippen LogP contribution in [0.1, 0.15) is 33.1 Å². The standard InChI is InChI=1S/C15H18O5/c1-7-4-5-11(17)13(7)14-10(6-12(18)9(3)16)8(2)15(19)20-14/h10,12,14,18H,2,4-6H2,1,3H3/t10-,12+,14-/m0/s1. The SMILES string of the molecule is C=C1C(=O)O[C@H](C2=C(C)CCC2=O)[C@H]1C[C@@H](O)C(C)=O. The number of carbonyl (C=O) groups is 3. The maximum atomic E-state index is 11.9. The third-order valence-corrected chi connectivity index (χ3v) is 4.03. The highest BCUT2D eigenvalue weighted by Crippen LogP contribution is 2.39. The van der Waals surface area contributed by atoms with Crippen LogP contribution >= 0.6 is 0 Å². The van der Waals surface area contributed by atoms with Gasteiger partial charge in [-0.2, -0.15) is 0 Å². The second-order valence-electron chi connectivity index (χ2n) is 5.44. The Morgan fingerprint density at radius 3 is 2.60 bits per heavy atom. The van der Waals surface area contributed by atoms with Crippen LogP contribution in [-0.2, 0) is 19.1 Å². The van der Waals surface area contributed by atoms with E-state index in [1.54, 1.807) is 0 Å². The summed E-state index contributed by atoms with van der Waals surface area (Å²) in [6.45, 7) is 6.79. The smallest absolute Gasteiger partial charge is 0.334 e. The van der Waals surface area contributed by atoms with E-state index in [1.165, 1.54) is 6.92 Å². The molecule has 5 nitrogen and oxygen atoms in total. The fourth-order valence-corrected chi connectivity index (χ4v) is 2.75. The zero-order chi connectivity index (χ0) is 15.0. The number of aliphatic hydroxyl groups excluding tert-OH is 1. The van der Waals surface area contributed by atoms with E-state index in [2.05, 4.69) is 6.58 Å². The van der Waals surface area contributed by atoms with Gasteiger partial charge in [0.15, 0.2) is 11.6 Å². The van der Waals surface area contributed by atoms with Gasteiger partial charge in [-0.15, -0.1) is 0 Å². The van der Waals surface area contributed by atoms with Crippen molar-refractivity contribution in [3.05, 3.63) is 23.3 Å². The molecule has 0 saturated carbocycles. The molecule has 2 rings (SSSR count). The Kier molecular flexibility index (Phi) is 3.90. The zero-order valence-corrected chi connectivity index (χ0v) is 11.6. The van der Waals surface area contributed by atoms with Crippen LogP contribution in [0, 0.1) is 5.92 Å². The topological polar surface area (TPSA) is 80.7 Å². The Balaban J connectivity index is 2.29. The first-order chi connectivity index (χ1) is 9.32. The predicted molar refractivity (Wildman–Crippen MR) is 70.8 cm³/mol. The van der Waals surface area contributed by atoms with Gasteiger partial charge >= 0.3 is 5.97 Å². The van der Waals surface area contributed by atoms with Crippen LogP contribution in [0.15, 0.2) is 23.3 Å². The Labute approximate surface area is 117 Å². The molecular weight excluding hydrogens is 260 g/mol. The van der Waals surface area contributed by atoms with Crippen molar-refractivity contribution in [1.82, 2.24) is 0 Å².